The lowest BCUT2D eigenvalue weighted by molar-refractivity contribution is 0.284. The molecule has 3 aromatic rings. The number of hydrogen-bond acceptors (Lipinski definition) is 14. The number of nitrogens with zero attached hydrogens (tertiary/aromatic N) is 2. The maximum Gasteiger partial charge on any atom is 0.397 e. The molecule has 0 spiro atoms. The summed E-state index contributed by atoms with van der Waals surface area (Å²) in [5.74, 6) is -1.74. The summed E-state index contributed by atoms with van der Waals surface area (Å²) < 4.78 is 124. The second kappa shape index (κ2) is 10.3. The average molecular weight is 627 g/mol. The molecule has 0 radical (unpaired) electrons. The number of nitrogen functional groups attached to an aromatic ring is 2. The molecule has 0 fully saturated rings. The van der Waals surface area contributed by atoms with Crippen LogP contribution in [0.4, 0.5) is 22.7 Å². The minimum Gasteiger partial charge on any atom is -0.505 e. The van der Waals surface area contributed by atoms with E-state index in [1.807, 2.05) is 0 Å². The third-order valence-electron chi connectivity index (χ3n) is 4.98. The largest absolute Gasteiger partial charge is 0.505 e. The zero-order chi connectivity index (χ0) is 29.6. The van der Waals surface area contributed by atoms with Gasteiger partial charge in [-0.25, -0.2) is 12.6 Å². The molecule has 0 saturated heterocycles. The molecule has 0 unspecified atom stereocenters. The van der Waals surface area contributed by atoms with E-state index < -0.39 is 85.4 Å². The van der Waals surface area contributed by atoms with Crippen LogP contribution in [0.1, 0.15) is 0 Å². The van der Waals surface area contributed by atoms with E-state index >= 15 is 0 Å². The summed E-state index contributed by atoms with van der Waals surface area (Å²) in [6, 6.07) is 5.76. The van der Waals surface area contributed by atoms with Crippen LogP contribution in [0, 0.1) is 0 Å². The molecule has 39 heavy (non-hydrogen) atoms. The minimum atomic E-state index is -5.08. The third kappa shape index (κ3) is 6.77. The predicted molar refractivity (Wildman–Crippen MR) is 134 cm³/mol. The van der Waals surface area contributed by atoms with Gasteiger partial charge in [-0.05, 0) is 41.8 Å². The second-order valence-electron chi connectivity index (χ2n) is 7.58. The number of rotatable bonds is 9. The van der Waals surface area contributed by atoms with E-state index in [-0.39, 0.29) is 21.4 Å². The third-order valence-corrected chi connectivity index (χ3v) is 8.90. The van der Waals surface area contributed by atoms with Crippen LogP contribution in [-0.2, 0) is 44.7 Å². The van der Waals surface area contributed by atoms with Gasteiger partial charge >= 0.3 is 10.4 Å². The molecule has 0 atom stereocenters. The summed E-state index contributed by atoms with van der Waals surface area (Å²) in [5.41, 5.74) is 9.37. The highest BCUT2D eigenvalue weighted by Gasteiger charge is 2.26. The highest BCUT2D eigenvalue weighted by atomic mass is 32.3. The molecule has 3 rings (SSSR count). The molecule has 21 heteroatoms. The van der Waals surface area contributed by atoms with E-state index in [0.29, 0.717) is 12.1 Å². The molecule has 0 saturated carbocycles. The fraction of sp³-hybridized carbons (Fsp3) is 0.111. The smallest absolute Gasteiger partial charge is 0.397 e. The zero-order valence-electron chi connectivity index (χ0n) is 19.0. The normalized spacial score (nSPS) is 13.3. The van der Waals surface area contributed by atoms with Crippen LogP contribution in [0.25, 0.3) is 10.8 Å². The Labute approximate surface area is 221 Å². The maximum absolute atomic E-state index is 12.3. The average Bonchev–Trinajstić information content (AvgIpc) is 2.78. The van der Waals surface area contributed by atoms with Crippen LogP contribution in [-0.4, -0.2) is 64.8 Å². The summed E-state index contributed by atoms with van der Waals surface area (Å²) in [4.78, 5) is -2.21. The van der Waals surface area contributed by atoms with Crippen LogP contribution in [0.15, 0.2) is 61.3 Å². The molecule has 0 aliphatic heterocycles. The molecule has 3 aromatic carbocycles. The van der Waals surface area contributed by atoms with Gasteiger partial charge in [0, 0.05) is 0 Å². The zero-order valence-corrected chi connectivity index (χ0v) is 22.3. The first-order chi connectivity index (χ1) is 17.7. The molecular weight excluding hydrogens is 608 g/mol. The summed E-state index contributed by atoms with van der Waals surface area (Å²) in [6.45, 7) is -0.856. The number of anilines is 2. The maximum atomic E-state index is 12.3. The highest BCUT2D eigenvalue weighted by molar-refractivity contribution is 7.91. The number of sulfone groups is 1. The number of aromatic hydroxyl groups is 1. The number of benzene rings is 3. The van der Waals surface area contributed by atoms with Crippen molar-refractivity contribution in [3.63, 3.8) is 0 Å². The van der Waals surface area contributed by atoms with Crippen molar-refractivity contribution >= 4 is 74.0 Å². The van der Waals surface area contributed by atoms with Crippen LogP contribution >= 0.6 is 0 Å². The van der Waals surface area contributed by atoms with Gasteiger partial charge in [0.1, 0.15) is 21.2 Å². The minimum absolute atomic E-state index is 0.0608. The van der Waals surface area contributed by atoms with Gasteiger partial charge in [0.25, 0.3) is 20.2 Å². The summed E-state index contributed by atoms with van der Waals surface area (Å²) in [6.07, 6.45) is 0. The molecule has 212 valence electrons. The molecular formula is C18H18N4O13S4. The van der Waals surface area contributed by atoms with Gasteiger partial charge in [0.15, 0.2) is 9.84 Å². The van der Waals surface area contributed by atoms with Crippen LogP contribution in [0.3, 0.4) is 0 Å². The summed E-state index contributed by atoms with van der Waals surface area (Å²) in [7, 11) is -18.9. The molecule has 0 bridgehead atoms. The lowest BCUT2D eigenvalue weighted by atomic mass is 10.1. The van der Waals surface area contributed by atoms with E-state index in [2.05, 4.69) is 14.4 Å². The number of phenolic OH excluding ortho intramolecular Hbond substituents is 1. The Morgan fingerprint density at radius 2 is 1.31 bits per heavy atom. The molecule has 8 N–H and O–H groups in total. The lowest BCUT2D eigenvalue weighted by Gasteiger charge is -2.14. The van der Waals surface area contributed by atoms with Crippen molar-refractivity contribution in [2.45, 2.75) is 14.7 Å². The van der Waals surface area contributed by atoms with Crippen LogP contribution in [0.5, 0.6) is 5.75 Å². The van der Waals surface area contributed by atoms with Crippen molar-refractivity contribution in [3.05, 3.63) is 36.4 Å². The predicted octanol–water partition coefficient (Wildman–Crippen LogP) is 1.21. The standard InChI is InChI=1S/C18H18N4O13S4/c19-15-12(37(26,27)28)7-9-8-13(38(29,30)31)17(16(20)14(9)18(15)23)22-21-10-1-3-11(4-2-10)36(24,25)6-5-35-39(32,33)34/h1-4,7-8,23H,5-6,19-20H2,(H,26,27,28)(H,29,30,31)(H,32,33,34). The molecule has 0 aromatic heterocycles. The van der Waals surface area contributed by atoms with Gasteiger partial charge in [-0.1, -0.05) is 0 Å². The fourth-order valence-corrected chi connectivity index (χ4v) is 6.05. The van der Waals surface area contributed by atoms with E-state index in [1.54, 1.807) is 0 Å². The van der Waals surface area contributed by atoms with Crippen molar-refractivity contribution in [1.29, 1.82) is 0 Å². The first-order valence-electron chi connectivity index (χ1n) is 9.91. The quantitative estimate of drug-likeness (QED) is 0.0841. The van der Waals surface area contributed by atoms with Gasteiger partial charge in [0.05, 0.1) is 39.7 Å². The van der Waals surface area contributed by atoms with Crippen molar-refractivity contribution in [2.24, 2.45) is 10.2 Å². The lowest BCUT2D eigenvalue weighted by Crippen LogP contribution is -2.15. The molecule has 0 aliphatic carbocycles. The van der Waals surface area contributed by atoms with Crippen molar-refractivity contribution < 1.29 is 56.6 Å². The number of azo groups is 1. The molecule has 0 aliphatic rings. The Kier molecular flexibility index (Phi) is 7.93. The molecule has 17 nitrogen and oxygen atoms in total. The van der Waals surface area contributed by atoms with Crippen LogP contribution in [0.2, 0.25) is 0 Å². The van der Waals surface area contributed by atoms with E-state index in [1.165, 1.54) is 0 Å². The Bertz CT molecular complexity index is 1940. The Balaban J connectivity index is 2.07. The topological polar surface area (TPSA) is 303 Å². The van der Waals surface area contributed by atoms with Gasteiger partial charge in [-0.3, -0.25) is 13.7 Å². The Morgan fingerprint density at radius 3 is 1.82 bits per heavy atom. The first-order valence-corrected chi connectivity index (χ1v) is 15.8. The van der Waals surface area contributed by atoms with E-state index in [0.717, 1.165) is 24.3 Å². The fourth-order valence-electron chi connectivity index (χ4n) is 3.24. The van der Waals surface area contributed by atoms with Crippen LogP contribution < -0.4 is 11.5 Å². The van der Waals surface area contributed by atoms with Crippen molar-refractivity contribution in [3.8, 4) is 5.75 Å². The number of phenols is 1. The van der Waals surface area contributed by atoms with Gasteiger partial charge in [-0.2, -0.15) is 30.4 Å². The van der Waals surface area contributed by atoms with Gasteiger partial charge < -0.3 is 16.6 Å². The second-order valence-corrected chi connectivity index (χ2v) is 13.6. The van der Waals surface area contributed by atoms with Crippen molar-refractivity contribution in [2.75, 3.05) is 23.8 Å². The first kappa shape index (κ1) is 30.1. The van der Waals surface area contributed by atoms with E-state index in [9.17, 15) is 47.9 Å². The van der Waals surface area contributed by atoms with Gasteiger partial charge in [-0.15, -0.1) is 5.11 Å². The van der Waals surface area contributed by atoms with Crippen molar-refractivity contribution in [1.82, 2.24) is 0 Å². The highest BCUT2D eigenvalue weighted by Crippen LogP contribution is 2.45. The number of nitrogens with two attached hydrogens (primary N) is 2. The number of hydrogen-bond donors (Lipinski definition) is 6. The summed E-state index contributed by atoms with van der Waals surface area (Å²) >= 11 is 0. The van der Waals surface area contributed by atoms with E-state index in [4.69, 9.17) is 16.0 Å². The SMILES string of the molecule is Nc1c(S(=O)(=O)O)cc2cc(S(=O)(=O)O)c(N=Nc3ccc(S(=O)(=O)CCOS(=O)(=O)O)cc3)c(N)c2c1O. The molecule has 0 heterocycles. The monoisotopic (exact) mass is 626 g/mol. The van der Waals surface area contributed by atoms with Gasteiger partial charge in [0.2, 0.25) is 0 Å². The summed E-state index contributed by atoms with van der Waals surface area (Å²) in [5, 5.41) is 17.1. The Morgan fingerprint density at radius 1 is 0.769 bits per heavy atom. The Hall–Kier alpha value is -3.44. The number of fused-ring (bicyclic) bond motifs is 1. The molecule has 0 amide bonds.